The fourth-order valence-electron chi connectivity index (χ4n) is 2.21. The van der Waals surface area contributed by atoms with Crippen LogP contribution in [-0.2, 0) is 9.53 Å². The van der Waals surface area contributed by atoms with Gasteiger partial charge in [-0.15, -0.1) is 0 Å². The minimum Gasteiger partial charge on any atom is -0.382 e. The van der Waals surface area contributed by atoms with Crippen LogP contribution in [0.2, 0.25) is 0 Å². The predicted molar refractivity (Wildman–Crippen MR) is 68.9 cm³/mol. The van der Waals surface area contributed by atoms with E-state index in [1.54, 1.807) is 0 Å². The Morgan fingerprint density at radius 2 is 2.35 bits per heavy atom. The molecule has 17 heavy (non-hydrogen) atoms. The van der Waals surface area contributed by atoms with Crippen molar-refractivity contribution in [2.75, 3.05) is 26.3 Å². The Morgan fingerprint density at radius 1 is 1.53 bits per heavy atom. The number of hydrogen-bond donors (Lipinski definition) is 2. The summed E-state index contributed by atoms with van der Waals surface area (Å²) in [5.41, 5.74) is 0. The Hall–Kier alpha value is -0.610. The highest BCUT2D eigenvalue weighted by Crippen LogP contribution is 2.17. The standard InChI is InChI=1S/C13H26N2O2/c1-3-17-9-5-8-15-13(16)10-12-11(2)6-4-7-14-12/h11-12,14H,3-10H2,1-2H3,(H,15,16). The van der Waals surface area contributed by atoms with Gasteiger partial charge >= 0.3 is 0 Å². The van der Waals surface area contributed by atoms with Gasteiger partial charge in [0.2, 0.25) is 5.91 Å². The Bertz CT molecular complexity index is 221. The zero-order chi connectivity index (χ0) is 12.5. The van der Waals surface area contributed by atoms with E-state index in [1.165, 1.54) is 12.8 Å². The highest BCUT2D eigenvalue weighted by atomic mass is 16.5. The van der Waals surface area contributed by atoms with E-state index in [1.807, 2.05) is 6.92 Å². The van der Waals surface area contributed by atoms with E-state index in [-0.39, 0.29) is 5.91 Å². The number of ether oxygens (including phenoxy) is 1. The third kappa shape index (κ3) is 6.03. The van der Waals surface area contributed by atoms with Crippen LogP contribution < -0.4 is 10.6 Å². The van der Waals surface area contributed by atoms with E-state index in [0.29, 0.717) is 18.4 Å². The lowest BCUT2D eigenvalue weighted by Crippen LogP contribution is -2.43. The minimum atomic E-state index is 0.160. The van der Waals surface area contributed by atoms with Crippen molar-refractivity contribution in [1.82, 2.24) is 10.6 Å². The van der Waals surface area contributed by atoms with Gasteiger partial charge in [0.15, 0.2) is 0 Å². The molecule has 2 N–H and O–H groups in total. The highest BCUT2D eigenvalue weighted by Gasteiger charge is 2.22. The highest BCUT2D eigenvalue weighted by molar-refractivity contribution is 5.76. The van der Waals surface area contributed by atoms with Crippen LogP contribution in [0.3, 0.4) is 0 Å². The van der Waals surface area contributed by atoms with E-state index < -0.39 is 0 Å². The van der Waals surface area contributed by atoms with Crippen molar-refractivity contribution < 1.29 is 9.53 Å². The molecule has 1 heterocycles. The van der Waals surface area contributed by atoms with Crippen LogP contribution in [0.1, 0.15) is 39.5 Å². The summed E-state index contributed by atoms with van der Waals surface area (Å²) in [6, 6.07) is 0.357. The molecule has 1 rings (SSSR count). The molecule has 4 heteroatoms. The molecule has 0 aromatic heterocycles. The summed E-state index contributed by atoms with van der Waals surface area (Å²) in [7, 11) is 0. The van der Waals surface area contributed by atoms with Crippen LogP contribution >= 0.6 is 0 Å². The first-order chi connectivity index (χ1) is 8.24. The quantitative estimate of drug-likeness (QED) is 0.662. The summed E-state index contributed by atoms with van der Waals surface area (Å²) in [6.07, 6.45) is 3.96. The number of rotatable bonds is 7. The average molecular weight is 242 g/mol. The number of piperidine rings is 1. The average Bonchev–Trinajstić information content (AvgIpc) is 2.32. The Kier molecular flexibility index (Phi) is 7.21. The van der Waals surface area contributed by atoms with Crippen LogP contribution in [0.25, 0.3) is 0 Å². The molecule has 2 unspecified atom stereocenters. The lowest BCUT2D eigenvalue weighted by molar-refractivity contribution is -0.122. The predicted octanol–water partition coefficient (Wildman–Crippen LogP) is 1.31. The maximum atomic E-state index is 11.7. The van der Waals surface area contributed by atoms with Crippen molar-refractivity contribution in [3.63, 3.8) is 0 Å². The van der Waals surface area contributed by atoms with Gasteiger partial charge in [-0.2, -0.15) is 0 Å². The van der Waals surface area contributed by atoms with Crippen LogP contribution in [0, 0.1) is 5.92 Å². The van der Waals surface area contributed by atoms with Crippen LogP contribution in [0.5, 0.6) is 0 Å². The molecule has 0 spiro atoms. The number of carbonyl (C=O) groups excluding carboxylic acids is 1. The maximum absolute atomic E-state index is 11.7. The molecular weight excluding hydrogens is 216 g/mol. The molecule has 100 valence electrons. The van der Waals surface area contributed by atoms with Gasteiger partial charge in [0.1, 0.15) is 0 Å². The number of amides is 1. The topological polar surface area (TPSA) is 50.4 Å². The Morgan fingerprint density at radius 3 is 3.06 bits per heavy atom. The first-order valence-electron chi connectivity index (χ1n) is 6.82. The Balaban J connectivity index is 2.07. The van der Waals surface area contributed by atoms with Crippen molar-refractivity contribution in [2.45, 2.75) is 45.6 Å². The SMILES string of the molecule is CCOCCCNC(=O)CC1NCCCC1C. The van der Waals surface area contributed by atoms with Gasteiger partial charge in [-0.3, -0.25) is 4.79 Å². The molecule has 0 aliphatic carbocycles. The molecule has 0 aromatic carbocycles. The summed E-state index contributed by atoms with van der Waals surface area (Å²) in [4.78, 5) is 11.7. The smallest absolute Gasteiger partial charge is 0.221 e. The molecule has 0 bridgehead atoms. The van der Waals surface area contributed by atoms with E-state index in [2.05, 4.69) is 17.6 Å². The molecule has 0 saturated carbocycles. The molecule has 1 fully saturated rings. The maximum Gasteiger partial charge on any atom is 0.221 e. The summed E-state index contributed by atoms with van der Waals surface area (Å²) >= 11 is 0. The second-order valence-electron chi connectivity index (χ2n) is 4.78. The zero-order valence-electron chi connectivity index (χ0n) is 11.1. The normalized spacial score (nSPS) is 24.6. The molecule has 1 amide bonds. The van der Waals surface area contributed by atoms with E-state index >= 15 is 0 Å². The van der Waals surface area contributed by atoms with E-state index in [0.717, 1.165) is 32.7 Å². The van der Waals surface area contributed by atoms with Crippen molar-refractivity contribution >= 4 is 5.91 Å². The van der Waals surface area contributed by atoms with Crippen LogP contribution in [0.4, 0.5) is 0 Å². The number of hydrogen-bond acceptors (Lipinski definition) is 3. The van der Waals surface area contributed by atoms with Crippen molar-refractivity contribution in [3.05, 3.63) is 0 Å². The number of nitrogens with one attached hydrogen (secondary N) is 2. The molecule has 1 aliphatic rings. The van der Waals surface area contributed by atoms with Gasteiger partial charge in [0, 0.05) is 32.2 Å². The number of carbonyl (C=O) groups is 1. The van der Waals surface area contributed by atoms with Gasteiger partial charge in [0.05, 0.1) is 0 Å². The van der Waals surface area contributed by atoms with Gasteiger partial charge in [-0.25, -0.2) is 0 Å². The van der Waals surface area contributed by atoms with Crippen molar-refractivity contribution in [3.8, 4) is 0 Å². The molecule has 0 radical (unpaired) electrons. The van der Waals surface area contributed by atoms with E-state index in [9.17, 15) is 4.79 Å². The summed E-state index contributed by atoms with van der Waals surface area (Å²) < 4.78 is 5.22. The second kappa shape index (κ2) is 8.48. The zero-order valence-corrected chi connectivity index (χ0v) is 11.1. The monoisotopic (exact) mass is 242 g/mol. The third-order valence-electron chi connectivity index (χ3n) is 3.33. The molecular formula is C13H26N2O2. The Labute approximate surface area is 104 Å². The van der Waals surface area contributed by atoms with Crippen molar-refractivity contribution in [2.24, 2.45) is 5.92 Å². The fourth-order valence-corrected chi connectivity index (χ4v) is 2.21. The van der Waals surface area contributed by atoms with Gasteiger partial charge in [0.25, 0.3) is 0 Å². The lowest BCUT2D eigenvalue weighted by Gasteiger charge is -2.29. The third-order valence-corrected chi connectivity index (χ3v) is 3.33. The minimum absolute atomic E-state index is 0.160. The van der Waals surface area contributed by atoms with Crippen molar-refractivity contribution in [1.29, 1.82) is 0 Å². The molecule has 0 aromatic rings. The second-order valence-corrected chi connectivity index (χ2v) is 4.78. The van der Waals surface area contributed by atoms with Gasteiger partial charge < -0.3 is 15.4 Å². The summed E-state index contributed by atoms with van der Waals surface area (Å²) in [6.45, 7) is 7.45. The molecule has 1 aliphatic heterocycles. The largest absolute Gasteiger partial charge is 0.382 e. The lowest BCUT2D eigenvalue weighted by atomic mass is 9.90. The van der Waals surface area contributed by atoms with Gasteiger partial charge in [-0.1, -0.05) is 6.92 Å². The fraction of sp³-hybridized carbons (Fsp3) is 0.923. The van der Waals surface area contributed by atoms with E-state index in [4.69, 9.17) is 4.74 Å². The molecule has 1 saturated heterocycles. The first kappa shape index (κ1) is 14.5. The van der Waals surface area contributed by atoms with Crippen LogP contribution in [-0.4, -0.2) is 38.3 Å². The molecule has 2 atom stereocenters. The van der Waals surface area contributed by atoms with Crippen LogP contribution in [0.15, 0.2) is 0 Å². The first-order valence-corrected chi connectivity index (χ1v) is 6.82. The summed E-state index contributed by atoms with van der Waals surface area (Å²) in [5, 5.41) is 6.38. The summed E-state index contributed by atoms with van der Waals surface area (Å²) in [5.74, 6) is 0.769. The van der Waals surface area contributed by atoms with Gasteiger partial charge in [-0.05, 0) is 38.6 Å². The molecule has 4 nitrogen and oxygen atoms in total.